The molecule has 1 aliphatic carbocycles. The summed E-state index contributed by atoms with van der Waals surface area (Å²) in [4.78, 5) is 4.64. The lowest BCUT2D eigenvalue weighted by molar-refractivity contribution is 0.0893. The van der Waals surface area contributed by atoms with Crippen molar-refractivity contribution in [3.63, 3.8) is 0 Å². The molecule has 5 nitrogen and oxygen atoms in total. The van der Waals surface area contributed by atoms with Crippen LogP contribution in [0.3, 0.4) is 0 Å². The summed E-state index contributed by atoms with van der Waals surface area (Å²) in [6.07, 6.45) is 7.36. The number of ether oxygens (including phenoxy) is 2. The fraction of sp³-hybridized carbons (Fsp3) is 0.938. The second-order valence-corrected chi connectivity index (χ2v) is 6.04. The third kappa shape index (κ3) is 7.97. The predicted octanol–water partition coefficient (Wildman–Crippen LogP) is 2.55. The van der Waals surface area contributed by atoms with Gasteiger partial charge in [0.2, 0.25) is 0 Å². The minimum absolute atomic E-state index is 0. The first-order valence-electron chi connectivity index (χ1n) is 8.59. The van der Waals surface area contributed by atoms with Gasteiger partial charge in [-0.15, -0.1) is 24.0 Å². The van der Waals surface area contributed by atoms with Crippen molar-refractivity contribution in [3.05, 3.63) is 0 Å². The SMILES string of the molecule is CCNC(=NCCCOCC1CCOC1)NC1CCCC1.I. The van der Waals surface area contributed by atoms with Gasteiger partial charge in [-0.3, -0.25) is 4.99 Å². The average Bonchev–Trinajstić information content (AvgIpc) is 3.16. The van der Waals surface area contributed by atoms with Gasteiger partial charge in [0, 0.05) is 38.3 Å². The second-order valence-electron chi connectivity index (χ2n) is 6.04. The summed E-state index contributed by atoms with van der Waals surface area (Å²) in [6.45, 7) is 7.25. The molecule has 0 bridgehead atoms. The monoisotopic (exact) mass is 425 g/mol. The smallest absolute Gasteiger partial charge is 0.191 e. The van der Waals surface area contributed by atoms with Crippen molar-refractivity contribution < 1.29 is 9.47 Å². The Labute approximate surface area is 152 Å². The van der Waals surface area contributed by atoms with Crippen molar-refractivity contribution in [2.45, 2.75) is 51.5 Å². The molecule has 0 radical (unpaired) electrons. The van der Waals surface area contributed by atoms with Crippen LogP contribution in [-0.2, 0) is 9.47 Å². The van der Waals surface area contributed by atoms with Crippen molar-refractivity contribution in [1.82, 2.24) is 10.6 Å². The van der Waals surface area contributed by atoms with Crippen LogP contribution in [0.25, 0.3) is 0 Å². The topological polar surface area (TPSA) is 54.9 Å². The number of hydrogen-bond donors (Lipinski definition) is 2. The highest BCUT2D eigenvalue weighted by Gasteiger charge is 2.16. The molecule has 2 rings (SSSR count). The van der Waals surface area contributed by atoms with Crippen LogP contribution in [-0.4, -0.2) is 51.5 Å². The van der Waals surface area contributed by atoms with Crippen LogP contribution in [0, 0.1) is 5.92 Å². The molecule has 2 aliphatic rings. The Morgan fingerprint density at radius 2 is 2.09 bits per heavy atom. The number of nitrogens with zero attached hydrogens (tertiary/aromatic N) is 1. The molecule has 1 aliphatic heterocycles. The van der Waals surface area contributed by atoms with Gasteiger partial charge in [0.1, 0.15) is 0 Å². The quantitative estimate of drug-likeness (QED) is 0.272. The van der Waals surface area contributed by atoms with Gasteiger partial charge in [0.05, 0.1) is 13.2 Å². The Kier molecular flexibility index (Phi) is 11.2. The fourth-order valence-electron chi connectivity index (χ4n) is 2.91. The van der Waals surface area contributed by atoms with E-state index in [2.05, 4.69) is 22.5 Å². The van der Waals surface area contributed by atoms with E-state index in [1.807, 2.05) is 0 Å². The van der Waals surface area contributed by atoms with E-state index >= 15 is 0 Å². The number of guanidine groups is 1. The minimum atomic E-state index is 0. The highest BCUT2D eigenvalue weighted by atomic mass is 127. The van der Waals surface area contributed by atoms with E-state index in [0.29, 0.717) is 12.0 Å². The summed E-state index contributed by atoms with van der Waals surface area (Å²) in [5, 5.41) is 6.86. The maximum absolute atomic E-state index is 5.70. The van der Waals surface area contributed by atoms with Gasteiger partial charge >= 0.3 is 0 Å². The molecule has 22 heavy (non-hydrogen) atoms. The van der Waals surface area contributed by atoms with Gasteiger partial charge in [-0.2, -0.15) is 0 Å². The van der Waals surface area contributed by atoms with Crippen LogP contribution < -0.4 is 10.6 Å². The third-order valence-corrected chi connectivity index (χ3v) is 4.13. The van der Waals surface area contributed by atoms with Gasteiger partial charge in [0.25, 0.3) is 0 Å². The second kappa shape index (κ2) is 12.4. The average molecular weight is 425 g/mol. The maximum atomic E-state index is 5.70. The molecule has 1 unspecified atom stereocenters. The Balaban J connectivity index is 0.00000242. The highest BCUT2D eigenvalue weighted by molar-refractivity contribution is 14.0. The molecule has 6 heteroatoms. The number of halogens is 1. The molecule has 0 spiro atoms. The molecule has 0 aromatic heterocycles. The van der Waals surface area contributed by atoms with E-state index in [0.717, 1.165) is 58.3 Å². The Bertz CT molecular complexity index is 304. The lowest BCUT2D eigenvalue weighted by atomic mass is 10.1. The molecule has 2 fully saturated rings. The van der Waals surface area contributed by atoms with E-state index in [4.69, 9.17) is 9.47 Å². The molecule has 0 amide bonds. The number of aliphatic imine (C=N–C) groups is 1. The van der Waals surface area contributed by atoms with Crippen molar-refractivity contribution >= 4 is 29.9 Å². The molecule has 1 saturated heterocycles. The van der Waals surface area contributed by atoms with Gasteiger partial charge in [-0.05, 0) is 32.6 Å². The zero-order chi connectivity index (χ0) is 14.8. The first-order chi connectivity index (χ1) is 10.4. The van der Waals surface area contributed by atoms with Gasteiger partial charge in [-0.25, -0.2) is 0 Å². The first kappa shape index (κ1) is 20.0. The maximum Gasteiger partial charge on any atom is 0.191 e. The lowest BCUT2D eigenvalue weighted by Gasteiger charge is -2.16. The molecule has 1 saturated carbocycles. The zero-order valence-electron chi connectivity index (χ0n) is 13.8. The third-order valence-electron chi connectivity index (χ3n) is 4.13. The Morgan fingerprint density at radius 1 is 1.27 bits per heavy atom. The predicted molar refractivity (Wildman–Crippen MR) is 101 cm³/mol. The van der Waals surface area contributed by atoms with E-state index < -0.39 is 0 Å². The van der Waals surface area contributed by atoms with Crippen molar-refractivity contribution in [3.8, 4) is 0 Å². The van der Waals surface area contributed by atoms with Crippen LogP contribution in [0.1, 0.15) is 45.4 Å². The Morgan fingerprint density at radius 3 is 2.77 bits per heavy atom. The molecule has 2 N–H and O–H groups in total. The summed E-state index contributed by atoms with van der Waals surface area (Å²) in [7, 11) is 0. The zero-order valence-corrected chi connectivity index (χ0v) is 16.1. The lowest BCUT2D eigenvalue weighted by Crippen LogP contribution is -2.42. The summed E-state index contributed by atoms with van der Waals surface area (Å²) in [5.41, 5.74) is 0. The Hall–Kier alpha value is -0.0800. The molecular weight excluding hydrogens is 393 g/mol. The van der Waals surface area contributed by atoms with Crippen LogP contribution in [0.5, 0.6) is 0 Å². The molecule has 0 aromatic carbocycles. The van der Waals surface area contributed by atoms with E-state index in [9.17, 15) is 0 Å². The van der Waals surface area contributed by atoms with E-state index in [1.165, 1.54) is 25.7 Å². The summed E-state index contributed by atoms with van der Waals surface area (Å²) in [5.74, 6) is 1.57. The molecule has 0 aromatic rings. The molecule has 1 heterocycles. The summed E-state index contributed by atoms with van der Waals surface area (Å²) in [6, 6.07) is 0.612. The molecular formula is C16H32IN3O2. The standard InChI is InChI=1S/C16H31N3O2.HI/c1-2-17-16(19-15-6-3-4-7-15)18-9-5-10-20-12-14-8-11-21-13-14;/h14-15H,2-13H2,1H3,(H2,17,18,19);1H. The number of rotatable bonds is 8. The van der Waals surface area contributed by atoms with Crippen LogP contribution >= 0.6 is 24.0 Å². The van der Waals surface area contributed by atoms with Crippen LogP contribution in [0.4, 0.5) is 0 Å². The first-order valence-corrected chi connectivity index (χ1v) is 8.59. The number of hydrogen-bond acceptors (Lipinski definition) is 3. The van der Waals surface area contributed by atoms with Crippen molar-refractivity contribution in [2.75, 3.05) is 39.5 Å². The summed E-state index contributed by atoms with van der Waals surface area (Å²) >= 11 is 0. The van der Waals surface area contributed by atoms with E-state index in [1.54, 1.807) is 0 Å². The van der Waals surface area contributed by atoms with E-state index in [-0.39, 0.29) is 24.0 Å². The normalized spacial score (nSPS) is 22.6. The van der Waals surface area contributed by atoms with Gasteiger partial charge in [-0.1, -0.05) is 12.8 Å². The molecule has 1 atom stereocenters. The van der Waals surface area contributed by atoms with Crippen LogP contribution in [0.15, 0.2) is 4.99 Å². The van der Waals surface area contributed by atoms with Crippen molar-refractivity contribution in [1.29, 1.82) is 0 Å². The molecule has 130 valence electrons. The highest BCUT2D eigenvalue weighted by Crippen LogP contribution is 2.17. The minimum Gasteiger partial charge on any atom is -0.381 e. The van der Waals surface area contributed by atoms with Crippen molar-refractivity contribution in [2.24, 2.45) is 10.9 Å². The summed E-state index contributed by atoms with van der Waals surface area (Å²) < 4.78 is 11.0. The van der Waals surface area contributed by atoms with Crippen LogP contribution in [0.2, 0.25) is 0 Å². The largest absolute Gasteiger partial charge is 0.381 e. The van der Waals surface area contributed by atoms with Gasteiger partial charge < -0.3 is 20.1 Å². The number of nitrogens with one attached hydrogen (secondary N) is 2. The van der Waals surface area contributed by atoms with Gasteiger partial charge in [0.15, 0.2) is 5.96 Å². The fourth-order valence-corrected chi connectivity index (χ4v) is 2.91.